The number of likely N-dealkylation sites (tertiary alicyclic amines) is 1. The van der Waals surface area contributed by atoms with E-state index in [0.717, 1.165) is 32.0 Å². The predicted octanol–water partition coefficient (Wildman–Crippen LogP) is 2.98. The zero-order valence-corrected chi connectivity index (χ0v) is 12.2. The Kier molecular flexibility index (Phi) is 3.84. The number of ether oxygens (including phenoxy) is 1. The highest BCUT2D eigenvalue weighted by Gasteiger charge is 2.53. The summed E-state index contributed by atoms with van der Waals surface area (Å²) >= 11 is 0. The van der Waals surface area contributed by atoms with Crippen molar-refractivity contribution < 1.29 is 9.53 Å². The van der Waals surface area contributed by atoms with Crippen LogP contribution < -0.4 is 0 Å². The quantitative estimate of drug-likeness (QED) is 0.735. The molecule has 3 rings (SSSR count). The lowest BCUT2D eigenvalue weighted by molar-refractivity contribution is -0.131. The van der Waals surface area contributed by atoms with Crippen LogP contribution in [0.4, 0.5) is 0 Å². The molecule has 1 aliphatic carbocycles. The lowest BCUT2D eigenvalue weighted by Crippen LogP contribution is -2.47. The first-order valence-electron chi connectivity index (χ1n) is 8.09. The fraction of sp³-hybridized carbons (Fsp3) is 0.938. The molecule has 2 atom stereocenters. The maximum Gasteiger partial charge on any atom is 0.219 e. The minimum Gasteiger partial charge on any atom is -0.369 e. The molecule has 1 saturated carbocycles. The van der Waals surface area contributed by atoms with Crippen LogP contribution in [0.2, 0.25) is 0 Å². The number of nitrogens with zero attached hydrogens (tertiary/aromatic N) is 1. The van der Waals surface area contributed by atoms with E-state index in [1.807, 2.05) is 4.90 Å². The van der Waals surface area contributed by atoms with Crippen LogP contribution in [0.5, 0.6) is 0 Å². The van der Waals surface area contributed by atoms with Gasteiger partial charge in [-0.1, -0.05) is 38.5 Å². The molecule has 2 saturated heterocycles. The lowest BCUT2D eigenvalue weighted by atomic mass is 9.78. The molecule has 19 heavy (non-hydrogen) atoms. The van der Waals surface area contributed by atoms with Crippen LogP contribution in [-0.4, -0.2) is 36.1 Å². The Hall–Kier alpha value is -0.570. The lowest BCUT2D eigenvalue weighted by Gasteiger charge is -2.37. The SMILES string of the molecule is CC(=O)N1CCC2(CO2)C(CCC2CCCCC2)C1. The van der Waals surface area contributed by atoms with E-state index >= 15 is 0 Å². The second kappa shape index (κ2) is 5.43. The van der Waals surface area contributed by atoms with E-state index in [1.54, 1.807) is 6.92 Å². The van der Waals surface area contributed by atoms with Gasteiger partial charge in [0, 0.05) is 25.9 Å². The van der Waals surface area contributed by atoms with E-state index < -0.39 is 0 Å². The highest BCUT2D eigenvalue weighted by atomic mass is 16.6. The third-order valence-electron chi connectivity index (χ3n) is 5.60. The molecule has 1 spiro atoms. The van der Waals surface area contributed by atoms with Crippen LogP contribution >= 0.6 is 0 Å². The Balaban J connectivity index is 1.53. The molecule has 0 aromatic rings. The highest BCUT2D eigenvalue weighted by Crippen LogP contribution is 2.45. The van der Waals surface area contributed by atoms with Crippen molar-refractivity contribution in [2.75, 3.05) is 19.7 Å². The maximum atomic E-state index is 11.6. The van der Waals surface area contributed by atoms with Crippen molar-refractivity contribution in [1.82, 2.24) is 4.90 Å². The van der Waals surface area contributed by atoms with Crippen molar-refractivity contribution >= 4 is 5.91 Å². The summed E-state index contributed by atoms with van der Waals surface area (Å²) in [6.45, 7) is 4.47. The summed E-state index contributed by atoms with van der Waals surface area (Å²) < 4.78 is 5.78. The van der Waals surface area contributed by atoms with Crippen LogP contribution in [0.15, 0.2) is 0 Å². The van der Waals surface area contributed by atoms with Gasteiger partial charge >= 0.3 is 0 Å². The molecule has 3 heteroatoms. The summed E-state index contributed by atoms with van der Waals surface area (Å²) in [5, 5.41) is 0. The highest BCUT2D eigenvalue weighted by molar-refractivity contribution is 5.73. The summed E-state index contributed by atoms with van der Waals surface area (Å²) in [5.74, 6) is 1.77. The predicted molar refractivity (Wildman–Crippen MR) is 74.9 cm³/mol. The number of hydrogen-bond acceptors (Lipinski definition) is 2. The normalized spacial score (nSPS) is 35.6. The molecule has 0 bridgehead atoms. The molecule has 0 aromatic carbocycles. The first-order chi connectivity index (χ1) is 9.20. The molecule has 2 unspecified atom stereocenters. The molecule has 3 aliphatic rings. The summed E-state index contributed by atoms with van der Waals surface area (Å²) in [5.41, 5.74) is 0.167. The molecule has 2 heterocycles. The molecule has 0 N–H and O–H groups in total. The van der Waals surface area contributed by atoms with E-state index in [2.05, 4.69) is 0 Å². The van der Waals surface area contributed by atoms with Gasteiger partial charge in [0.25, 0.3) is 0 Å². The van der Waals surface area contributed by atoms with Crippen molar-refractivity contribution in [3.05, 3.63) is 0 Å². The Morgan fingerprint density at radius 3 is 2.63 bits per heavy atom. The first kappa shape index (κ1) is 13.4. The Labute approximate surface area is 116 Å². The summed E-state index contributed by atoms with van der Waals surface area (Å²) in [7, 11) is 0. The number of rotatable bonds is 3. The van der Waals surface area contributed by atoms with Crippen LogP contribution in [0, 0.1) is 11.8 Å². The topological polar surface area (TPSA) is 32.8 Å². The number of amides is 1. The van der Waals surface area contributed by atoms with E-state index in [9.17, 15) is 4.79 Å². The second-order valence-corrected chi connectivity index (χ2v) is 6.85. The summed E-state index contributed by atoms with van der Waals surface area (Å²) in [4.78, 5) is 13.6. The van der Waals surface area contributed by atoms with E-state index in [0.29, 0.717) is 5.92 Å². The van der Waals surface area contributed by atoms with E-state index in [4.69, 9.17) is 4.74 Å². The van der Waals surface area contributed by atoms with E-state index in [-0.39, 0.29) is 11.5 Å². The average Bonchev–Trinajstić information content (AvgIpc) is 3.19. The van der Waals surface area contributed by atoms with Gasteiger partial charge in [-0.3, -0.25) is 4.79 Å². The van der Waals surface area contributed by atoms with Gasteiger partial charge in [-0.25, -0.2) is 0 Å². The molecule has 108 valence electrons. The molecule has 1 amide bonds. The van der Waals surface area contributed by atoms with Gasteiger partial charge in [-0.15, -0.1) is 0 Å². The molecule has 3 nitrogen and oxygen atoms in total. The van der Waals surface area contributed by atoms with Crippen LogP contribution in [0.1, 0.15) is 58.3 Å². The fourth-order valence-electron chi connectivity index (χ4n) is 4.08. The summed E-state index contributed by atoms with van der Waals surface area (Å²) in [6, 6.07) is 0. The third kappa shape index (κ3) is 2.96. The molecule has 0 aromatic heterocycles. The smallest absolute Gasteiger partial charge is 0.219 e. The van der Waals surface area contributed by atoms with Gasteiger partial charge in [0.1, 0.15) is 0 Å². The van der Waals surface area contributed by atoms with Crippen molar-refractivity contribution in [2.45, 2.75) is 63.9 Å². The second-order valence-electron chi connectivity index (χ2n) is 6.85. The zero-order valence-electron chi connectivity index (χ0n) is 12.2. The number of piperidine rings is 1. The number of epoxide rings is 1. The minimum absolute atomic E-state index is 0.167. The monoisotopic (exact) mass is 265 g/mol. The number of hydrogen-bond donors (Lipinski definition) is 0. The van der Waals surface area contributed by atoms with Gasteiger partial charge in [0.05, 0.1) is 12.2 Å². The van der Waals surface area contributed by atoms with Crippen molar-refractivity contribution in [2.24, 2.45) is 11.8 Å². The number of carbonyl (C=O) groups excluding carboxylic acids is 1. The van der Waals surface area contributed by atoms with Gasteiger partial charge in [0.15, 0.2) is 0 Å². The average molecular weight is 265 g/mol. The Bertz CT molecular complexity index is 332. The maximum absolute atomic E-state index is 11.6. The van der Waals surface area contributed by atoms with E-state index in [1.165, 1.54) is 44.9 Å². The third-order valence-corrected chi connectivity index (χ3v) is 5.60. The van der Waals surface area contributed by atoms with Crippen LogP contribution in [0.25, 0.3) is 0 Å². The van der Waals surface area contributed by atoms with Gasteiger partial charge < -0.3 is 9.64 Å². The zero-order chi connectivity index (χ0) is 13.3. The molecule has 2 aliphatic heterocycles. The Morgan fingerprint density at radius 2 is 2.00 bits per heavy atom. The largest absolute Gasteiger partial charge is 0.369 e. The molecular formula is C16H27NO2. The standard InChI is InChI=1S/C16H27NO2/c1-13(18)17-10-9-16(12-19-16)15(11-17)8-7-14-5-3-2-4-6-14/h14-15H,2-12H2,1H3. The van der Waals surface area contributed by atoms with Gasteiger partial charge in [-0.2, -0.15) is 0 Å². The minimum atomic E-state index is 0.167. The van der Waals surface area contributed by atoms with Gasteiger partial charge in [-0.05, 0) is 18.8 Å². The molecular weight excluding hydrogens is 238 g/mol. The van der Waals surface area contributed by atoms with Crippen molar-refractivity contribution in [1.29, 1.82) is 0 Å². The van der Waals surface area contributed by atoms with Gasteiger partial charge in [0.2, 0.25) is 5.91 Å². The van der Waals surface area contributed by atoms with Crippen LogP contribution in [0.3, 0.4) is 0 Å². The fourth-order valence-corrected chi connectivity index (χ4v) is 4.08. The molecule has 0 radical (unpaired) electrons. The molecule has 3 fully saturated rings. The van der Waals surface area contributed by atoms with Crippen LogP contribution in [-0.2, 0) is 9.53 Å². The first-order valence-corrected chi connectivity index (χ1v) is 8.09. The Morgan fingerprint density at radius 1 is 1.26 bits per heavy atom. The van der Waals surface area contributed by atoms with Crippen molar-refractivity contribution in [3.8, 4) is 0 Å². The van der Waals surface area contributed by atoms with Crippen molar-refractivity contribution in [3.63, 3.8) is 0 Å². The number of carbonyl (C=O) groups is 1. The summed E-state index contributed by atoms with van der Waals surface area (Å²) in [6.07, 6.45) is 10.8.